The highest BCUT2D eigenvalue weighted by atomic mass is 32.2. The molecule has 2 aromatic rings. The van der Waals surface area contributed by atoms with Gasteiger partial charge in [0, 0.05) is 4.88 Å². The van der Waals surface area contributed by atoms with Gasteiger partial charge in [-0.3, -0.25) is 4.21 Å². The Morgan fingerprint density at radius 1 is 1.44 bits per heavy atom. The van der Waals surface area contributed by atoms with Gasteiger partial charge in [-0.05, 0) is 32.0 Å². The molecule has 1 aromatic carbocycles. The standard InChI is InChI=1S/C12H13FN2OS2/c1-7-8(2)17-12(15-7)6-18(16)11-4-3-9(13)5-10(11)14/h3-5H,6,14H2,1-2H3. The maximum atomic E-state index is 12.9. The van der Waals surface area contributed by atoms with E-state index >= 15 is 0 Å². The fraction of sp³-hybridized carbons (Fsp3) is 0.250. The summed E-state index contributed by atoms with van der Waals surface area (Å²) in [6.45, 7) is 3.90. The van der Waals surface area contributed by atoms with Crippen LogP contribution in [-0.2, 0) is 16.6 Å². The molecule has 2 rings (SSSR count). The molecule has 2 N–H and O–H groups in total. The predicted octanol–water partition coefficient (Wildman–Crippen LogP) is 2.79. The van der Waals surface area contributed by atoms with Gasteiger partial charge in [0.05, 0.1) is 32.8 Å². The molecule has 0 amide bonds. The number of thiazole rings is 1. The Labute approximate surface area is 111 Å². The highest BCUT2D eigenvalue weighted by Gasteiger charge is 2.12. The number of aryl methyl sites for hydroxylation is 2. The van der Waals surface area contributed by atoms with Crippen molar-refractivity contribution < 1.29 is 8.60 Å². The summed E-state index contributed by atoms with van der Waals surface area (Å²) in [7, 11) is -1.29. The molecule has 0 saturated heterocycles. The highest BCUT2D eigenvalue weighted by Crippen LogP contribution is 2.23. The molecule has 0 bridgehead atoms. The maximum absolute atomic E-state index is 12.9. The second kappa shape index (κ2) is 5.16. The molecule has 0 aliphatic carbocycles. The molecule has 0 aliphatic heterocycles. The lowest BCUT2D eigenvalue weighted by Gasteiger charge is -2.04. The number of hydrogen-bond donors (Lipinski definition) is 1. The van der Waals surface area contributed by atoms with Gasteiger partial charge in [0.15, 0.2) is 0 Å². The van der Waals surface area contributed by atoms with E-state index in [-0.39, 0.29) is 5.69 Å². The van der Waals surface area contributed by atoms with E-state index in [1.165, 1.54) is 29.5 Å². The van der Waals surface area contributed by atoms with Crippen LogP contribution in [0.4, 0.5) is 10.1 Å². The third-order valence-electron chi connectivity index (χ3n) is 2.54. The van der Waals surface area contributed by atoms with Crippen molar-refractivity contribution in [1.29, 1.82) is 0 Å². The number of nitrogen functional groups attached to an aromatic ring is 1. The lowest BCUT2D eigenvalue weighted by atomic mass is 10.3. The number of benzene rings is 1. The number of nitrogens with zero attached hydrogens (tertiary/aromatic N) is 1. The second-order valence-corrected chi connectivity index (χ2v) is 6.63. The summed E-state index contributed by atoms with van der Waals surface area (Å²) in [6, 6.07) is 3.92. The molecule has 1 unspecified atom stereocenters. The topological polar surface area (TPSA) is 56.0 Å². The van der Waals surface area contributed by atoms with E-state index in [1.54, 1.807) is 0 Å². The fourth-order valence-electron chi connectivity index (χ4n) is 1.52. The minimum atomic E-state index is -1.29. The first-order chi connectivity index (χ1) is 8.47. The molecular formula is C12H13FN2OS2. The molecule has 0 fully saturated rings. The fourth-order valence-corrected chi connectivity index (χ4v) is 3.79. The Morgan fingerprint density at radius 3 is 2.72 bits per heavy atom. The van der Waals surface area contributed by atoms with Crippen LogP contribution in [0.15, 0.2) is 23.1 Å². The SMILES string of the molecule is Cc1nc(CS(=O)c2ccc(F)cc2N)sc1C. The molecule has 0 aliphatic rings. The minimum Gasteiger partial charge on any atom is -0.398 e. The highest BCUT2D eigenvalue weighted by molar-refractivity contribution is 7.84. The van der Waals surface area contributed by atoms with E-state index < -0.39 is 16.6 Å². The monoisotopic (exact) mass is 284 g/mol. The van der Waals surface area contributed by atoms with Crippen molar-refractivity contribution in [1.82, 2.24) is 4.98 Å². The van der Waals surface area contributed by atoms with Gasteiger partial charge >= 0.3 is 0 Å². The second-order valence-electron chi connectivity index (χ2n) is 3.92. The van der Waals surface area contributed by atoms with E-state index in [0.29, 0.717) is 10.6 Å². The average Bonchev–Trinajstić information content (AvgIpc) is 2.57. The van der Waals surface area contributed by atoms with Gasteiger partial charge in [0.25, 0.3) is 0 Å². The Morgan fingerprint density at radius 2 is 2.17 bits per heavy atom. The Bertz CT molecular complexity index is 591. The molecular weight excluding hydrogens is 271 g/mol. The van der Waals surface area contributed by atoms with Crippen molar-refractivity contribution in [2.45, 2.75) is 24.5 Å². The first-order valence-electron chi connectivity index (χ1n) is 5.33. The molecule has 3 nitrogen and oxygen atoms in total. The number of nitrogens with two attached hydrogens (primary N) is 1. The molecule has 18 heavy (non-hydrogen) atoms. The van der Waals surface area contributed by atoms with Gasteiger partial charge in [-0.1, -0.05) is 0 Å². The van der Waals surface area contributed by atoms with Crippen molar-refractivity contribution in [3.05, 3.63) is 39.6 Å². The molecule has 0 radical (unpaired) electrons. The van der Waals surface area contributed by atoms with E-state index in [4.69, 9.17) is 5.73 Å². The molecule has 0 saturated carbocycles. The minimum absolute atomic E-state index is 0.221. The molecule has 96 valence electrons. The average molecular weight is 284 g/mol. The summed E-state index contributed by atoms with van der Waals surface area (Å²) < 4.78 is 25.0. The summed E-state index contributed by atoms with van der Waals surface area (Å²) in [5.74, 6) is -0.107. The number of halogens is 1. The predicted molar refractivity (Wildman–Crippen MR) is 72.5 cm³/mol. The van der Waals surface area contributed by atoms with Crippen molar-refractivity contribution in [2.24, 2.45) is 0 Å². The summed E-state index contributed by atoms with van der Waals surface area (Å²) in [5.41, 5.74) is 6.84. The van der Waals surface area contributed by atoms with E-state index in [1.807, 2.05) is 13.8 Å². The van der Waals surface area contributed by atoms with Gasteiger partial charge in [0.2, 0.25) is 0 Å². The Kier molecular flexibility index (Phi) is 3.77. The van der Waals surface area contributed by atoms with Crippen LogP contribution >= 0.6 is 11.3 Å². The van der Waals surface area contributed by atoms with Crippen LogP contribution in [0.1, 0.15) is 15.6 Å². The third kappa shape index (κ3) is 2.76. The lowest BCUT2D eigenvalue weighted by Crippen LogP contribution is -2.01. The van der Waals surface area contributed by atoms with E-state index in [9.17, 15) is 8.60 Å². The summed E-state index contributed by atoms with van der Waals surface area (Å²) >= 11 is 1.53. The van der Waals surface area contributed by atoms with Crippen LogP contribution in [0.25, 0.3) is 0 Å². The van der Waals surface area contributed by atoms with Gasteiger partial charge in [0.1, 0.15) is 10.8 Å². The van der Waals surface area contributed by atoms with Crippen molar-refractivity contribution in [3.63, 3.8) is 0 Å². The van der Waals surface area contributed by atoms with Crippen LogP contribution in [0.2, 0.25) is 0 Å². The first kappa shape index (κ1) is 13.2. The molecule has 1 atom stereocenters. The zero-order valence-electron chi connectivity index (χ0n) is 10.1. The normalized spacial score (nSPS) is 12.6. The van der Waals surface area contributed by atoms with Crippen LogP contribution in [0.3, 0.4) is 0 Å². The van der Waals surface area contributed by atoms with Crippen molar-refractivity contribution in [3.8, 4) is 0 Å². The molecule has 1 aromatic heterocycles. The van der Waals surface area contributed by atoms with Crippen molar-refractivity contribution in [2.75, 3.05) is 5.73 Å². The van der Waals surface area contributed by atoms with Crippen molar-refractivity contribution >= 4 is 27.8 Å². The molecule has 0 spiro atoms. The maximum Gasteiger partial charge on any atom is 0.125 e. The zero-order chi connectivity index (χ0) is 13.3. The van der Waals surface area contributed by atoms with Crippen LogP contribution in [-0.4, -0.2) is 9.19 Å². The van der Waals surface area contributed by atoms with Gasteiger partial charge < -0.3 is 5.73 Å². The van der Waals surface area contributed by atoms with E-state index in [2.05, 4.69) is 4.98 Å². The van der Waals surface area contributed by atoms with Gasteiger partial charge in [-0.15, -0.1) is 11.3 Å². The molecule has 6 heteroatoms. The van der Waals surface area contributed by atoms with E-state index in [0.717, 1.165) is 15.6 Å². The number of anilines is 1. The van der Waals surface area contributed by atoms with Gasteiger partial charge in [-0.25, -0.2) is 9.37 Å². The number of rotatable bonds is 3. The largest absolute Gasteiger partial charge is 0.398 e. The lowest BCUT2D eigenvalue weighted by molar-refractivity contribution is 0.627. The summed E-state index contributed by atoms with van der Waals surface area (Å²) in [5, 5.41) is 0.812. The summed E-state index contributed by atoms with van der Waals surface area (Å²) in [4.78, 5) is 5.91. The van der Waals surface area contributed by atoms with Crippen LogP contribution < -0.4 is 5.73 Å². The number of hydrogen-bond acceptors (Lipinski definition) is 4. The van der Waals surface area contributed by atoms with Gasteiger partial charge in [-0.2, -0.15) is 0 Å². The molecule has 1 heterocycles. The number of aromatic nitrogens is 1. The third-order valence-corrected chi connectivity index (χ3v) is 5.20. The quantitative estimate of drug-likeness (QED) is 0.882. The summed E-state index contributed by atoms with van der Waals surface area (Å²) in [6.07, 6.45) is 0. The van der Waals surface area contributed by atoms with Crippen LogP contribution in [0.5, 0.6) is 0 Å². The smallest absolute Gasteiger partial charge is 0.125 e. The zero-order valence-corrected chi connectivity index (χ0v) is 11.7. The Hall–Kier alpha value is -1.27. The Balaban J connectivity index is 2.22. The van der Waals surface area contributed by atoms with Crippen LogP contribution in [0, 0.1) is 19.7 Å². The first-order valence-corrected chi connectivity index (χ1v) is 7.47.